The van der Waals surface area contributed by atoms with Crippen LogP contribution in [-0.2, 0) is 0 Å². The Morgan fingerprint density at radius 2 is 2.05 bits per heavy atom. The lowest BCUT2D eigenvalue weighted by atomic mass is 10.2. The van der Waals surface area contributed by atoms with Crippen molar-refractivity contribution in [3.63, 3.8) is 0 Å². The van der Waals surface area contributed by atoms with Crippen LogP contribution in [0, 0.1) is 0 Å². The van der Waals surface area contributed by atoms with Crippen molar-refractivity contribution in [3.05, 3.63) is 57.8 Å². The van der Waals surface area contributed by atoms with Gasteiger partial charge in [-0.25, -0.2) is 10.4 Å². The lowest BCUT2D eigenvalue weighted by Crippen LogP contribution is -2.19. The normalized spacial score (nSPS) is 10.6. The fraction of sp³-hybridized carbons (Fsp3) is 0.0714. The highest BCUT2D eigenvalue weighted by molar-refractivity contribution is 6.36. The second kappa shape index (κ2) is 7.06. The molecule has 21 heavy (non-hydrogen) atoms. The number of methoxy groups -OCH3 is 1. The number of aromatic nitrogens is 1. The van der Waals surface area contributed by atoms with Gasteiger partial charge in [0.05, 0.1) is 23.4 Å². The van der Waals surface area contributed by atoms with Crippen molar-refractivity contribution >= 4 is 35.3 Å². The first-order chi connectivity index (χ1) is 10.1. The quantitative estimate of drug-likeness (QED) is 0.694. The molecule has 0 saturated heterocycles. The number of hydrogen-bond donors (Lipinski definition) is 1. The van der Waals surface area contributed by atoms with Crippen molar-refractivity contribution in [1.82, 2.24) is 10.4 Å². The number of carbonyl (C=O) groups is 1. The van der Waals surface area contributed by atoms with Crippen molar-refractivity contribution in [1.29, 1.82) is 0 Å². The topological polar surface area (TPSA) is 63.6 Å². The Kier molecular flexibility index (Phi) is 5.14. The average Bonchev–Trinajstić information content (AvgIpc) is 2.47. The molecular weight excluding hydrogens is 313 g/mol. The molecule has 0 aliphatic heterocycles. The molecule has 1 amide bonds. The molecule has 2 rings (SSSR count). The monoisotopic (exact) mass is 323 g/mol. The van der Waals surface area contributed by atoms with Crippen LogP contribution in [0.1, 0.15) is 16.1 Å². The molecule has 0 aliphatic rings. The van der Waals surface area contributed by atoms with Crippen LogP contribution >= 0.6 is 23.2 Å². The molecule has 108 valence electrons. The zero-order chi connectivity index (χ0) is 15.2. The summed E-state index contributed by atoms with van der Waals surface area (Å²) in [6.45, 7) is 0. The lowest BCUT2D eigenvalue weighted by molar-refractivity contribution is 0.0950. The van der Waals surface area contributed by atoms with E-state index in [1.165, 1.54) is 18.5 Å². The Bertz CT molecular complexity index is 672. The first kappa shape index (κ1) is 15.3. The predicted molar refractivity (Wildman–Crippen MR) is 82.3 cm³/mol. The van der Waals surface area contributed by atoms with Crippen molar-refractivity contribution < 1.29 is 9.53 Å². The van der Waals surface area contributed by atoms with E-state index in [1.807, 2.05) is 12.1 Å². The van der Waals surface area contributed by atoms with E-state index in [9.17, 15) is 4.79 Å². The third-order valence-electron chi connectivity index (χ3n) is 2.52. The molecule has 5 nitrogen and oxygen atoms in total. The Balaban J connectivity index is 2.01. The third kappa shape index (κ3) is 4.18. The maximum absolute atomic E-state index is 11.8. The molecule has 1 heterocycles. The molecule has 0 spiro atoms. The zero-order valence-electron chi connectivity index (χ0n) is 11.0. The summed E-state index contributed by atoms with van der Waals surface area (Å²) in [5, 5.41) is 4.37. The largest absolute Gasteiger partial charge is 0.497 e. The number of rotatable bonds is 4. The van der Waals surface area contributed by atoms with Crippen LogP contribution in [0.15, 0.2) is 41.6 Å². The van der Waals surface area contributed by atoms with Gasteiger partial charge in [-0.3, -0.25) is 4.79 Å². The summed E-state index contributed by atoms with van der Waals surface area (Å²) in [6, 6.07) is 8.64. The number of halogens is 2. The second-order valence-corrected chi connectivity index (χ2v) is 4.80. The predicted octanol–water partition coefficient (Wildman–Crippen LogP) is 3.16. The van der Waals surface area contributed by atoms with Crippen LogP contribution in [-0.4, -0.2) is 24.2 Å². The summed E-state index contributed by atoms with van der Waals surface area (Å²) in [4.78, 5) is 15.7. The van der Waals surface area contributed by atoms with E-state index >= 15 is 0 Å². The number of nitrogens with one attached hydrogen (secondary N) is 1. The van der Waals surface area contributed by atoms with Gasteiger partial charge in [0, 0.05) is 6.20 Å². The van der Waals surface area contributed by atoms with Crippen molar-refractivity contribution in [2.75, 3.05) is 7.11 Å². The molecule has 1 aromatic heterocycles. The van der Waals surface area contributed by atoms with Gasteiger partial charge < -0.3 is 4.74 Å². The Morgan fingerprint density at radius 1 is 1.33 bits per heavy atom. The molecule has 0 unspecified atom stereocenters. The number of carbonyl (C=O) groups excluding carboxylic acids is 1. The van der Waals surface area contributed by atoms with Gasteiger partial charge in [0.15, 0.2) is 0 Å². The van der Waals surface area contributed by atoms with Gasteiger partial charge in [0.2, 0.25) is 0 Å². The first-order valence-corrected chi connectivity index (χ1v) is 6.64. The van der Waals surface area contributed by atoms with E-state index in [4.69, 9.17) is 27.9 Å². The lowest BCUT2D eigenvalue weighted by Gasteiger charge is -2.02. The minimum atomic E-state index is -0.513. The second-order valence-electron chi connectivity index (χ2n) is 3.96. The maximum Gasteiger partial charge on any atom is 0.291 e. The number of pyridine rings is 1. The molecule has 0 saturated carbocycles. The average molecular weight is 324 g/mol. The smallest absolute Gasteiger partial charge is 0.291 e. The molecule has 1 N–H and O–H groups in total. The molecule has 2 aromatic rings. The Hall–Kier alpha value is -2.11. The summed E-state index contributed by atoms with van der Waals surface area (Å²) in [6.07, 6.45) is 2.84. The number of hydrazone groups is 1. The number of amides is 1. The maximum atomic E-state index is 11.8. The van der Waals surface area contributed by atoms with Crippen molar-refractivity contribution in [2.45, 2.75) is 0 Å². The van der Waals surface area contributed by atoms with E-state index in [0.29, 0.717) is 5.02 Å². The standard InChI is InChI=1S/C14H11Cl2N3O2/c1-21-11-4-2-9(3-5-11)7-18-19-14(20)13-12(16)6-10(15)8-17-13/h2-8H,1H3,(H,19,20). The van der Waals surface area contributed by atoms with Crippen LogP contribution < -0.4 is 10.2 Å². The SMILES string of the molecule is COc1ccc(C=NNC(=O)c2ncc(Cl)cc2Cl)cc1. The molecule has 0 atom stereocenters. The highest BCUT2D eigenvalue weighted by Gasteiger charge is 2.11. The summed E-state index contributed by atoms with van der Waals surface area (Å²) < 4.78 is 5.04. The summed E-state index contributed by atoms with van der Waals surface area (Å²) in [7, 11) is 1.59. The van der Waals surface area contributed by atoms with Crippen molar-refractivity contribution in [2.24, 2.45) is 5.10 Å². The van der Waals surface area contributed by atoms with Gasteiger partial charge in [-0.15, -0.1) is 0 Å². The van der Waals surface area contributed by atoms with E-state index in [-0.39, 0.29) is 10.7 Å². The Morgan fingerprint density at radius 3 is 2.67 bits per heavy atom. The van der Waals surface area contributed by atoms with Gasteiger partial charge in [-0.1, -0.05) is 23.2 Å². The Labute approximate surface area is 131 Å². The fourth-order valence-corrected chi connectivity index (χ4v) is 1.96. The minimum Gasteiger partial charge on any atom is -0.497 e. The van der Waals surface area contributed by atoms with Crippen LogP contribution in [0.5, 0.6) is 5.75 Å². The van der Waals surface area contributed by atoms with Gasteiger partial charge in [0.1, 0.15) is 11.4 Å². The molecule has 0 fully saturated rings. The number of nitrogens with zero attached hydrogens (tertiary/aromatic N) is 2. The number of benzene rings is 1. The van der Waals surface area contributed by atoms with Gasteiger partial charge >= 0.3 is 0 Å². The third-order valence-corrected chi connectivity index (χ3v) is 3.01. The molecule has 0 aliphatic carbocycles. The number of hydrogen-bond acceptors (Lipinski definition) is 4. The minimum absolute atomic E-state index is 0.0629. The molecule has 1 aromatic carbocycles. The van der Waals surface area contributed by atoms with Gasteiger partial charge in [0.25, 0.3) is 5.91 Å². The van der Waals surface area contributed by atoms with Gasteiger partial charge in [-0.05, 0) is 35.9 Å². The van der Waals surface area contributed by atoms with Crippen molar-refractivity contribution in [3.8, 4) is 5.75 Å². The number of ether oxygens (including phenoxy) is 1. The van der Waals surface area contributed by atoms with E-state index in [2.05, 4.69) is 15.5 Å². The first-order valence-electron chi connectivity index (χ1n) is 5.88. The molecule has 0 bridgehead atoms. The zero-order valence-corrected chi connectivity index (χ0v) is 12.5. The molecule has 0 radical (unpaired) electrons. The molecule has 7 heteroatoms. The van der Waals surface area contributed by atoms with Crippen LogP contribution in [0.25, 0.3) is 0 Å². The van der Waals surface area contributed by atoms with E-state index in [1.54, 1.807) is 19.2 Å². The molecular formula is C14H11Cl2N3O2. The van der Waals surface area contributed by atoms with Crippen LogP contribution in [0.4, 0.5) is 0 Å². The van der Waals surface area contributed by atoms with Crippen LogP contribution in [0.2, 0.25) is 10.0 Å². The highest BCUT2D eigenvalue weighted by atomic mass is 35.5. The van der Waals surface area contributed by atoms with Crippen LogP contribution in [0.3, 0.4) is 0 Å². The highest BCUT2D eigenvalue weighted by Crippen LogP contribution is 2.18. The summed E-state index contributed by atoms with van der Waals surface area (Å²) in [5.41, 5.74) is 3.22. The van der Waals surface area contributed by atoms with E-state index < -0.39 is 5.91 Å². The summed E-state index contributed by atoms with van der Waals surface area (Å²) in [5.74, 6) is 0.231. The van der Waals surface area contributed by atoms with E-state index in [0.717, 1.165) is 11.3 Å². The summed E-state index contributed by atoms with van der Waals surface area (Å²) >= 11 is 11.6. The van der Waals surface area contributed by atoms with Gasteiger partial charge in [-0.2, -0.15) is 5.10 Å². The fourth-order valence-electron chi connectivity index (χ4n) is 1.49.